The van der Waals surface area contributed by atoms with Crippen molar-refractivity contribution < 1.29 is 18.4 Å². The molecule has 0 radical (unpaired) electrons. The van der Waals surface area contributed by atoms with E-state index in [0.717, 1.165) is 41.1 Å². The van der Waals surface area contributed by atoms with Crippen LogP contribution in [0.15, 0.2) is 26.0 Å². The summed E-state index contributed by atoms with van der Waals surface area (Å²) in [4.78, 5) is 6.32. The fraction of sp³-hybridized carbons (Fsp3) is 0.450. The van der Waals surface area contributed by atoms with Gasteiger partial charge in [-0.2, -0.15) is 4.98 Å². The molecule has 5 rings (SSSR count). The van der Waals surface area contributed by atoms with Crippen molar-refractivity contribution in [1.29, 1.82) is 0 Å². The van der Waals surface area contributed by atoms with Crippen LogP contribution in [0.3, 0.4) is 0 Å². The van der Waals surface area contributed by atoms with Crippen LogP contribution in [0.2, 0.25) is 10.0 Å². The van der Waals surface area contributed by atoms with Crippen LogP contribution < -0.4 is 4.90 Å². The Morgan fingerprint density at radius 2 is 1.97 bits per heavy atom. The molecule has 1 saturated heterocycles. The van der Waals surface area contributed by atoms with E-state index in [4.69, 9.17) is 37.7 Å². The third-order valence-corrected chi connectivity index (χ3v) is 8.55. The summed E-state index contributed by atoms with van der Waals surface area (Å²) in [5.74, 6) is 1.65. The van der Waals surface area contributed by atoms with Gasteiger partial charge in [0.25, 0.3) is 0 Å². The fourth-order valence-electron chi connectivity index (χ4n) is 4.00. The molecule has 3 aromatic rings. The predicted octanol–water partition coefficient (Wildman–Crippen LogP) is 6.40. The molecule has 0 spiro atoms. The molecule has 0 atom stereocenters. The Morgan fingerprint density at radius 3 is 2.62 bits per heavy atom. The second-order valence-corrected chi connectivity index (χ2v) is 11.2. The van der Waals surface area contributed by atoms with Crippen molar-refractivity contribution in [3.63, 3.8) is 0 Å². The van der Waals surface area contributed by atoms with Crippen LogP contribution in [0.4, 0.5) is 9.83 Å². The standard InChI is InChI=1S/C20H20Cl2FIN6O3S/c21-14-2-1-3-15(22)16(14)17-13(18(33-27-17)11-4-5-11)10-32-12-6-8-29(9-7-12)20-25-19(24-28-31)30(26-20)34-23/h1-3,11-12,31H,4-10H2. The Bertz CT molecular complexity index is 1180. The second-order valence-electron chi connectivity index (χ2n) is 8.03. The first-order chi connectivity index (χ1) is 16.6. The topological polar surface area (TPSA) is 102 Å². The van der Waals surface area contributed by atoms with Gasteiger partial charge in [-0.15, -0.1) is 16.4 Å². The summed E-state index contributed by atoms with van der Waals surface area (Å²) in [7, 11) is 0. The number of aromatic nitrogens is 4. The Labute approximate surface area is 219 Å². The third kappa shape index (κ3) is 5.12. The lowest BCUT2D eigenvalue weighted by molar-refractivity contribution is 0.0245. The van der Waals surface area contributed by atoms with Crippen molar-refractivity contribution in [3.8, 4) is 11.3 Å². The Kier molecular flexibility index (Phi) is 7.70. The van der Waals surface area contributed by atoms with Gasteiger partial charge < -0.3 is 14.2 Å². The first-order valence-electron chi connectivity index (χ1n) is 10.6. The quantitative estimate of drug-likeness (QED) is 0.223. The van der Waals surface area contributed by atoms with E-state index in [-0.39, 0.29) is 18.4 Å². The maximum Gasteiger partial charge on any atom is 0.246 e. The van der Waals surface area contributed by atoms with Crippen LogP contribution in [-0.2, 0) is 11.3 Å². The average molecular weight is 641 g/mol. The maximum absolute atomic E-state index is 13.1. The van der Waals surface area contributed by atoms with Crippen LogP contribution in [0.5, 0.6) is 0 Å². The molecule has 1 aliphatic carbocycles. The number of piperidine rings is 1. The summed E-state index contributed by atoms with van der Waals surface area (Å²) in [5, 5.41) is 18.3. The number of ether oxygens (including phenoxy) is 1. The van der Waals surface area contributed by atoms with Gasteiger partial charge in [-0.3, -0.25) is 5.21 Å². The summed E-state index contributed by atoms with van der Waals surface area (Å²) in [5.41, 5.74) is 2.20. The lowest BCUT2D eigenvalue weighted by Gasteiger charge is -2.31. The van der Waals surface area contributed by atoms with Crippen molar-refractivity contribution in [2.45, 2.75) is 44.3 Å². The molecule has 1 aromatic carbocycles. The second kappa shape index (κ2) is 10.7. The Hall–Kier alpha value is -1.32. The zero-order valence-electron chi connectivity index (χ0n) is 17.7. The lowest BCUT2D eigenvalue weighted by Crippen LogP contribution is -2.37. The molecule has 14 heteroatoms. The minimum absolute atomic E-state index is 0.0322. The molecule has 1 N–H and O–H groups in total. The van der Waals surface area contributed by atoms with Gasteiger partial charge >= 0.3 is 0 Å². The Morgan fingerprint density at radius 1 is 1.24 bits per heavy atom. The first-order valence-corrected chi connectivity index (χ1v) is 14.1. The molecular weight excluding hydrogens is 621 g/mol. The SMILES string of the molecule is ON=Ic1nc(N2CCC(OCc3c(-c4c(Cl)cccc4Cl)noc3C3CC3)CC2)nn1SF. The molecule has 0 amide bonds. The highest BCUT2D eigenvalue weighted by atomic mass is 127. The van der Waals surface area contributed by atoms with E-state index in [9.17, 15) is 3.89 Å². The van der Waals surface area contributed by atoms with Gasteiger partial charge in [0.05, 0.1) is 22.8 Å². The highest BCUT2D eigenvalue weighted by molar-refractivity contribution is 14.2. The monoisotopic (exact) mass is 640 g/mol. The van der Waals surface area contributed by atoms with Gasteiger partial charge in [-0.25, -0.2) is 0 Å². The highest BCUT2D eigenvalue weighted by Gasteiger charge is 2.34. The molecule has 2 fully saturated rings. The van der Waals surface area contributed by atoms with Crippen molar-refractivity contribution >= 4 is 62.5 Å². The molecule has 0 bridgehead atoms. The molecule has 1 aliphatic heterocycles. The normalized spacial score (nSPS) is 17.5. The molecule has 2 aromatic heterocycles. The number of halogens is 4. The van der Waals surface area contributed by atoms with E-state index < -0.39 is 21.0 Å². The van der Waals surface area contributed by atoms with E-state index in [1.165, 1.54) is 0 Å². The molecule has 1 saturated carbocycles. The van der Waals surface area contributed by atoms with Crippen LogP contribution in [-0.4, -0.2) is 43.7 Å². The van der Waals surface area contributed by atoms with E-state index in [0.29, 0.717) is 56.7 Å². The number of benzene rings is 1. The van der Waals surface area contributed by atoms with Crippen molar-refractivity contribution in [2.75, 3.05) is 18.0 Å². The van der Waals surface area contributed by atoms with Crippen LogP contribution in [0, 0.1) is 3.83 Å². The third-order valence-electron chi connectivity index (χ3n) is 5.86. The van der Waals surface area contributed by atoms with Crippen molar-refractivity contribution in [3.05, 3.63) is 43.4 Å². The van der Waals surface area contributed by atoms with Gasteiger partial charge in [0.2, 0.25) is 9.78 Å². The van der Waals surface area contributed by atoms with Crippen LogP contribution in [0.1, 0.15) is 42.9 Å². The average Bonchev–Trinajstić information content (AvgIpc) is 3.47. The number of anilines is 1. The maximum atomic E-state index is 13.1. The smallest absolute Gasteiger partial charge is 0.246 e. The molecular formula is C20H20Cl2FIN6O3S. The highest BCUT2D eigenvalue weighted by Crippen LogP contribution is 2.46. The van der Waals surface area contributed by atoms with Gasteiger partial charge in [0, 0.05) is 30.1 Å². The first kappa shape index (κ1) is 24.4. The predicted molar refractivity (Wildman–Crippen MR) is 135 cm³/mol. The van der Waals surface area contributed by atoms with E-state index in [2.05, 4.69) is 18.5 Å². The van der Waals surface area contributed by atoms with Crippen molar-refractivity contribution in [2.24, 2.45) is 3.31 Å². The summed E-state index contributed by atoms with van der Waals surface area (Å²) in [6.45, 7) is 1.69. The fourth-order valence-corrected chi connectivity index (χ4v) is 6.02. The number of hydrogen-bond acceptors (Lipinski definition) is 9. The number of nitrogens with zero attached hydrogens (tertiary/aromatic N) is 6. The largest absolute Gasteiger partial charge is 0.373 e. The summed E-state index contributed by atoms with van der Waals surface area (Å²) < 4.78 is 29.7. The zero-order valence-corrected chi connectivity index (χ0v) is 22.2. The van der Waals surface area contributed by atoms with Crippen LogP contribution >= 0.6 is 56.6 Å². The Balaban J connectivity index is 1.27. The van der Waals surface area contributed by atoms with Crippen molar-refractivity contribution in [1.82, 2.24) is 19.3 Å². The summed E-state index contributed by atoms with van der Waals surface area (Å²) in [6.07, 6.45) is 3.70. The number of hydrogen-bond donors (Lipinski definition) is 1. The van der Waals surface area contributed by atoms with Crippen LogP contribution in [0.25, 0.3) is 11.3 Å². The molecule has 0 unspecified atom stereocenters. The molecule has 182 valence electrons. The van der Waals surface area contributed by atoms with E-state index in [1.54, 1.807) is 18.2 Å². The summed E-state index contributed by atoms with van der Waals surface area (Å²) in [6, 6.07) is 5.37. The van der Waals surface area contributed by atoms with E-state index in [1.807, 2.05) is 4.90 Å². The molecule has 3 heterocycles. The minimum Gasteiger partial charge on any atom is -0.373 e. The zero-order chi connectivity index (χ0) is 23.7. The van der Waals surface area contributed by atoms with Gasteiger partial charge in [0.1, 0.15) is 32.5 Å². The minimum atomic E-state index is -1.14. The summed E-state index contributed by atoms with van der Waals surface area (Å²) >= 11 is 11.7. The molecule has 9 nitrogen and oxygen atoms in total. The van der Waals surface area contributed by atoms with Gasteiger partial charge in [0.15, 0.2) is 12.3 Å². The number of rotatable bonds is 8. The van der Waals surface area contributed by atoms with Gasteiger partial charge in [-0.05, 0) is 37.8 Å². The lowest BCUT2D eigenvalue weighted by atomic mass is 10.0. The molecule has 2 aliphatic rings. The van der Waals surface area contributed by atoms with E-state index >= 15 is 0 Å². The van der Waals surface area contributed by atoms with Gasteiger partial charge in [-0.1, -0.05) is 34.4 Å². The molecule has 34 heavy (non-hydrogen) atoms.